The minimum absolute atomic E-state index is 0.00928. The molecule has 6 heteroatoms. The lowest BCUT2D eigenvalue weighted by Crippen LogP contribution is -2.61. The molecule has 2 bridgehead atoms. The van der Waals surface area contributed by atoms with Crippen LogP contribution in [0, 0.1) is 0 Å². The first-order valence-electron chi connectivity index (χ1n) is 16.3. The molecular weight excluding hydrogens is 523 g/mol. The van der Waals surface area contributed by atoms with E-state index in [9.17, 15) is 0 Å². The zero-order valence-corrected chi connectivity index (χ0v) is 27.2. The van der Waals surface area contributed by atoms with E-state index in [4.69, 9.17) is 18.6 Å². The van der Waals surface area contributed by atoms with E-state index in [1.54, 1.807) is 0 Å². The third kappa shape index (κ3) is 7.94. The maximum Gasteiger partial charge on any atom is 0.192 e. The topological polar surface area (TPSA) is 36.9 Å². The minimum atomic E-state index is -2.00. The SMILES string of the molecule is CC(C)(C)[Si](C)(C)O[C@H]1C[C@@H](OCc2ccccc2)[C@H](CCOCc2ccccc2)O[C@@H]1B1C2CCCC1CCC2. The first kappa shape index (κ1) is 31.0. The number of hydrogen-bond donors (Lipinski definition) is 0. The quantitative estimate of drug-likeness (QED) is 0.198. The highest BCUT2D eigenvalue weighted by Crippen LogP contribution is 2.51. The smallest absolute Gasteiger partial charge is 0.192 e. The van der Waals surface area contributed by atoms with Crippen molar-refractivity contribution in [3.05, 3.63) is 71.8 Å². The molecule has 4 atom stereocenters. The molecule has 0 unspecified atom stereocenters. The first-order chi connectivity index (χ1) is 19.7. The van der Waals surface area contributed by atoms with Gasteiger partial charge in [-0.3, -0.25) is 0 Å². The van der Waals surface area contributed by atoms with Crippen LogP contribution in [0.25, 0.3) is 0 Å². The lowest BCUT2D eigenvalue weighted by molar-refractivity contribution is -0.168. The van der Waals surface area contributed by atoms with E-state index in [0.717, 1.165) is 24.5 Å². The van der Waals surface area contributed by atoms with Gasteiger partial charge in [0.15, 0.2) is 15.0 Å². The number of hydrogen-bond acceptors (Lipinski definition) is 4. The molecule has 0 aliphatic carbocycles. The van der Waals surface area contributed by atoms with Crippen molar-refractivity contribution in [3.8, 4) is 0 Å². The van der Waals surface area contributed by atoms with E-state index in [2.05, 4.69) is 94.5 Å². The van der Waals surface area contributed by atoms with E-state index in [-0.39, 0.29) is 29.4 Å². The van der Waals surface area contributed by atoms with Crippen molar-refractivity contribution in [2.45, 2.75) is 139 Å². The fraction of sp³-hybridized carbons (Fsp3) is 0.657. The van der Waals surface area contributed by atoms with Crippen molar-refractivity contribution < 1.29 is 18.6 Å². The molecule has 0 aromatic heterocycles. The molecule has 2 aromatic rings. The second-order valence-electron chi connectivity index (χ2n) is 14.4. The van der Waals surface area contributed by atoms with Gasteiger partial charge in [0.25, 0.3) is 0 Å². The number of ether oxygens (including phenoxy) is 3. The molecule has 0 saturated carbocycles. The van der Waals surface area contributed by atoms with Gasteiger partial charge in [0.1, 0.15) is 0 Å². The molecule has 0 spiro atoms. The summed E-state index contributed by atoms with van der Waals surface area (Å²) in [6.45, 7) is 14.4. The largest absolute Gasteiger partial charge is 0.412 e. The third-order valence-corrected chi connectivity index (χ3v) is 15.1. The summed E-state index contributed by atoms with van der Waals surface area (Å²) >= 11 is 0. The normalized spacial score (nSPS) is 29.0. The molecule has 5 rings (SSSR count). The predicted octanol–water partition coefficient (Wildman–Crippen LogP) is 8.87. The third-order valence-electron chi connectivity index (χ3n) is 10.6. The Balaban J connectivity index is 1.36. The zero-order chi connectivity index (χ0) is 28.9. The molecule has 224 valence electrons. The van der Waals surface area contributed by atoms with Crippen molar-refractivity contribution >= 4 is 15.0 Å². The van der Waals surface area contributed by atoms with E-state index in [1.807, 2.05) is 0 Å². The summed E-state index contributed by atoms with van der Waals surface area (Å²) in [5.41, 5.74) is 2.42. The summed E-state index contributed by atoms with van der Waals surface area (Å²) < 4.78 is 27.5. The van der Waals surface area contributed by atoms with Gasteiger partial charge in [-0.1, -0.05) is 132 Å². The Labute approximate surface area is 251 Å². The van der Waals surface area contributed by atoms with Gasteiger partial charge in [-0.05, 0) is 35.7 Å². The number of rotatable bonds is 11. The monoisotopic (exact) mass is 576 g/mol. The second kappa shape index (κ2) is 13.9. The summed E-state index contributed by atoms with van der Waals surface area (Å²) in [4.78, 5) is 0. The Hall–Kier alpha value is -1.44. The average Bonchev–Trinajstić information content (AvgIpc) is 2.95. The van der Waals surface area contributed by atoms with Gasteiger partial charge < -0.3 is 18.6 Å². The van der Waals surface area contributed by atoms with Crippen molar-refractivity contribution in [3.63, 3.8) is 0 Å². The average molecular weight is 577 g/mol. The molecule has 3 saturated heterocycles. The van der Waals surface area contributed by atoms with Gasteiger partial charge in [-0.2, -0.15) is 0 Å². The molecule has 4 nitrogen and oxygen atoms in total. The van der Waals surface area contributed by atoms with Gasteiger partial charge in [0.05, 0.1) is 37.5 Å². The second-order valence-corrected chi connectivity index (χ2v) is 19.2. The predicted molar refractivity (Wildman–Crippen MR) is 172 cm³/mol. The van der Waals surface area contributed by atoms with Crippen molar-refractivity contribution in [2.24, 2.45) is 0 Å². The van der Waals surface area contributed by atoms with Crippen LogP contribution >= 0.6 is 0 Å². The van der Waals surface area contributed by atoms with Crippen LogP contribution < -0.4 is 0 Å². The lowest BCUT2D eigenvalue weighted by atomic mass is 9.24. The molecule has 41 heavy (non-hydrogen) atoms. The van der Waals surface area contributed by atoms with E-state index < -0.39 is 8.32 Å². The number of fused-ring (bicyclic) bond motifs is 2. The standard InChI is InChI=1S/C35H53BO4Si/c1-35(2,3)41(4,5)40-33-24-32(38-26-28-16-10-7-11-17-28)31(22-23-37-25-27-14-8-6-9-15-27)39-34(33)36-29-18-12-19-30(36)21-13-20-29/h6-11,14-17,29-34H,12-13,18-26H2,1-5H3/t29?,30?,31-,32+,33-,34-/m0/s1. The summed E-state index contributed by atoms with van der Waals surface area (Å²) in [7, 11) is -2.00. The molecule has 3 aliphatic heterocycles. The fourth-order valence-electron chi connectivity index (χ4n) is 7.34. The van der Waals surface area contributed by atoms with E-state index >= 15 is 0 Å². The van der Waals surface area contributed by atoms with Gasteiger partial charge in [0.2, 0.25) is 0 Å². The molecule has 0 radical (unpaired) electrons. The van der Waals surface area contributed by atoms with E-state index in [1.165, 1.54) is 49.7 Å². The highest BCUT2D eigenvalue weighted by Gasteiger charge is 2.53. The molecule has 0 N–H and O–H groups in total. The molecule has 0 amide bonds. The van der Waals surface area contributed by atoms with Gasteiger partial charge in [0, 0.05) is 13.0 Å². The summed E-state index contributed by atoms with van der Waals surface area (Å²) in [6.07, 6.45) is 10.0. The van der Waals surface area contributed by atoms with Crippen LogP contribution in [0.4, 0.5) is 0 Å². The summed E-state index contributed by atoms with van der Waals surface area (Å²) in [5.74, 6) is 1.55. The van der Waals surface area contributed by atoms with Gasteiger partial charge in [-0.15, -0.1) is 0 Å². The van der Waals surface area contributed by atoms with Crippen LogP contribution in [0.15, 0.2) is 60.7 Å². The zero-order valence-electron chi connectivity index (χ0n) is 26.2. The van der Waals surface area contributed by atoms with Crippen molar-refractivity contribution in [2.75, 3.05) is 6.61 Å². The molecule has 3 aliphatic rings. The van der Waals surface area contributed by atoms with Crippen LogP contribution in [-0.2, 0) is 31.9 Å². The van der Waals surface area contributed by atoms with Crippen LogP contribution in [0.1, 0.15) is 83.3 Å². The Morgan fingerprint density at radius 1 is 0.805 bits per heavy atom. The minimum Gasteiger partial charge on any atom is -0.412 e. The van der Waals surface area contributed by atoms with Gasteiger partial charge in [-0.25, -0.2) is 0 Å². The highest BCUT2D eigenvalue weighted by molar-refractivity contribution is 6.74. The lowest BCUT2D eigenvalue weighted by Gasteiger charge is -2.52. The summed E-state index contributed by atoms with van der Waals surface area (Å²) in [6, 6.07) is 21.1. The Kier molecular flexibility index (Phi) is 10.5. The van der Waals surface area contributed by atoms with Gasteiger partial charge >= 0.3 is 0 Å². The van der Waals surface area contributed by atoms with E-state index in [0.29, 0.717) is 26.5 Å². The summed E-state index contributed by atoms with van der Waals surface area (Å²) in [5, 5.41) is 0.155. The Morgan fingerprint density at radius 3 is 1.93 bits per heavy atom. The highest BCUT2D eigenvalue weighted by atomic mass is 28.4. The van der Waals surface area contributed by atoms with Crippen molar-refractivity contribution in [1.29, 1.82) is 0 Å². The Morgan fingerprint density at radius 2 is 1.37 bits per heavy atom. The van der Waals surface area contributed by atoms with Crippen LogP contribution in [-0.4, -0.2) is 46.0 Å². The van der Waals surface area contributed by atoms with Crippen LogP contribution in [0.2, 0.25) is 29.8 Å². The fourth-order valence-corrected chi connectivity index (χ4v) is 8.68. The first-order valence-corrected chi connectivity index (χ1v) is 19.2. The Bertz CT molecular complexity index is 1040. The maximum atomic E-state index is 7.29. The van der Waals surface area contributed by atoms with Crippen molar-refractivity contribution in [1.82, 2.24) is 0 Å². The molecule has 3 heterocycles. The molecular formula is C35H53BO4Si. The molecule has 2 aromatic carbocycles. The molecule has 3 fully saturated rings. The maximum absolute atomic E-state index is 7.29. The van der Waals surface area contributed by atoms with Crippen LogP contribution in [0.3, 0.4) is 0 Å². The number of benzene rings is 2. The van der Waals surface area contributed by atoms with Crippen LogP contribution in [0.5, 0.6) is 0 Å².